The highest BCUT2D eigenvalue weighted by atomic mass is 19.3. The van der Waals surface area contributed by atoms with Crippen LogP contribution >= 0.6 is 0 Å². The van der Waals surface area contributed by atoms with Crippen molar-refractivity contribution in [3.05, 3.63) is 52.7 Å². The number of carbonyl (C=O) groups is 1. The number of hydrogen-bond donors (Lipinski definition) is 1. The normalized spacial score (nSPS) is 19.3. The average Bonchev–Trinajstić information content (AvgIpc) is 2.83. The van der Waals surface area contributed by atoms with Gasteiger partial charge in [-0.05, 0) is 38.5 Å². The largest absolute Gasteiger partial charge is 0.378 e. The van der Waals surface area contributed by atoms with E-state index in [1.807, 2.05) is 4.90 Å². The van der Waals surface area contributed by atoms with E-state index in [1.54, 1.807) is 6.92 Å². The Morgan fingerprint density at radius 2 is 2.00 bits per heavy atom. The molecule has 1 N–H and O–H groups in total. The zero-order chi connectivity index (χ0) is 23.4. The Balaban J connectivity index is 1.43. The summed E-state index contributed by atoms with van der Waals surface area (Å²) in [6, 6.07) is 3.50. The second-order valence-electron chi connectivity index (χ2n) is 8.71. The van der Waals surface area contributed by atoms with Crippen molar-refractivity contribution in [1.82, 2.24) is 14.9 Å². The molecule has 2 aliphatic rings. The van der Waals surface area contributed by atoms with Crippen molar-refractivity contribution in [2.75, 3.05) is 31.6 Å². The molecule has 1 aliphatic carbocycles. The second-order valence-corrected chi connectivity index (χ2v) is 8.71. The summed E-state index contributed by atoms with van der Waals surface area (Å²) < 4.78 is 46.1. The van der Waals surface area contributed by atoms with E-state index < -0.39 is 23.8 Å². The molecule has 2 heterocycles. The van der Waals surface area contributed by atoms with Crippen LogP contribution in [0.2, 0.25) is 0 Å². The van der Waals surface area contributed by atoms with Gasteiger partial charge in [0, 0.05) is 36.3 Å². The van der Waals surface area contributed by atoms with Crippen LogP contribution in [0.5, 0.6) is 0 Å². The third kappa shape index (κ3) is 5.46. The molecule has 178 valence electrons. The van der Waals surface area contributed by atoms with E-state index in [1.165, 1.54) is 18.5 Å². The van der Waals surface area contributed by atoms with Gasteiger partial charge in [0.2, 0.25) is 5.91 Å². The lowest BCUT2D eigenvalue weighted by Gasteiger charge is -2.29. The van der Waals surface area contributed by atoms with Crippen LogP contribution in [0.4, 0.5) is 19.0 Å². The Bertz CT molecular complexity index is 982. The number of ether oxygens (including phenoxy) is 1. The van der Waals surface area contributed by atoms with E-state index in [9.17, 15) is 18.0 Å². The standard InChI is InChI=1S/C24H29F3N4O2/c1-15(17-3-2-4-18(22(17)25)23(26)27)30-24-19-13-16(5-7-20(19)28-14-29-24)6-8-21(32)31-9-11-33-12-10-31/h2-4,14-16,23H,5-13H2,1H3,(H,28,29,30)/t15-,16?/m1/s1. The number of rotatable bonds is 7. The highest BCUT2D eigenvalue weighted by molar-refractivity contribution is 5.76. The van der Waals surface area contributed by atoms with Crippen molar-refractivity contribution in [2.45, 2.75) is 51.5 Å². The van der Waals surface area contributed by atoms with Crippen LogP contribution in [0.15, 0.2) is 24.5 Å². The van der Waals surface area contributed by atoms with Crippen LogP contribution < -0.4 is 5.32 Å². The zero-order valence-corrected chi connectivity index (χ0v) is 18.7. The number of anilines is 1. The summed E-state index contributed by atoms with van der Waals surface area (Å²) in [5, 5.41) is 3.21. The Hall–Kier alpha value is -2.68. The molecule has 1 fully saturated rings. The maximum atomic E-state index is 14.6. The molecule has 6 nitrogen and oxygen atoms in total. The molecule has 0 saturated carbocycles. The first-order valence-corrected chi connectivity index (χ1v) is 11.4. The molecule has 1 aromatic heterocycles. The smallest absolute Gasteiger partial charge is 0.266 e. The number of benzene rings is 1. The molecule has 2 aromatic rings. The van der Waals surface area contributed by atoms with Crippen molar-refractivity contribution >= 4 is 11.7 Å². The molecule has 2 atom stereocenters. The van der Waals surface area contributed by atoms with Gasteiger partial charge in [-0.3, -0.25) is 4.79 Å². The Morgan fingerprint density at radius 3 is 2.76 bits per heavy atom. The number of alkyl halides is 2. The van der Waals surface area contributed by atoms with E-state index in [0.717, 1.165) is 43.0 Å². The van der Waals surface area contributed by atoms with E-state index in [0.29, 0.717) is 44.5 Å². The Morgan fingerprint density at radius 1 is 1.24 bits per heavy atom. The number of amides is 1. The summed E-state index contributed by atoms with van der Waals surface area (Å²) in [6.45, 7) is 4.20. The van der Waals surface area contributed by atoms with Gasteiger partial charge >= 0.3 is 0 Å². The quantitative estimate of drug-likeness (QED) is 0.658. The molecule has 0 radical (unpaired) electrons. The summed E-state index contributed by atoms with van der Waals surface area (Å²) >= 11 is 0. The van der Waals surface area contributed by atoms with Crippen LogP contribution in [-0.2, 0) is 22.4 Å². The number of aryl methyl sites for hydroxylation is 1. The minimum atomic E-state index is -2.87. The van der Waals surface area contributed by atoms with Gasteiger partial charge in [-0.2, -0.15) is 0 Å². The van der Waals surface area contributed by atoms with Gasteiger partial charge in [0.1, 0.15) is 18.0 Å². The van der Waals surface area contributed by atoms with E-state index >= 15 is 0 Å². The number of nitrogens with zero attached hydrogens (tertiary/aromatic N) is 3. The molecule has 1 aliphatic heterocycles. The van der Waals surface area contributed by atoms with Crippen LogP contribution in [0.3, 0.4) is 0 Å². The van der Waals surface area contributed by atoms with Crippen LogP contribution in [0, 0.1) is 11.7 Å². The highest BCUT2D eigenvalue weighted by Gasteiger charge is 2.26. The molecule has 9 heteroatoms. The summed E-state index contributed by atoms with van der Waals surface area (Å²) in [4.78, 5) is 23.1. The molecule has 33 heavy (non-hydrogen) atoms. The molecular formula is C24H29F3N4O2. The Kier molecular flexibility index (Phi) is 7.47. The van der Waals surface area contributed by atoms with E-state index in [2.05, 4.69) is 15.3 Å². The predicted octanol–water partition coefficient (Wildman–Crippen LogP) is 4.47. The number of fused-ring (bicyclic) bond motifs is 1. The molecule has 4 rings (SSSR count). The number of carbonyl (C=O) groups excluding carboxylic acids is 1. The Labute approximate surface area is 191 Å². The highest BCUT2D eigenvalue weighted by Crippen LogP contribution is 2.33. The first-order chi connectivity index (χ1) is 15.9. The van der Waals surface area contributed by atoms with Crippen molar-refractivity contribution in [3.63, 3.8) is 0 Å². The lowest BCUT2D eigenvalue weighted by atomic mass is 9.83. The lowest BCUT2D eigenvalue weighted by Crippen LogP contribution is -2.40. The van der Waals surface area contributed by atoms with Crippen LogP contribution in [0.25, 0.3) is 0 Å². The molecular weight excluding hydrogens is 433 g/mol. The second kappa shape index (κ2) is 10.5. The van der Waals surface area contributed by atoms with E-state index in [-0.39, 0.29) is 11.5 Å². The fraction of sp³-hybridized carbons (Fsp3) is 0.542. The number of hydrogen-bond acceptors (Lipinski definition) is 5. The number of halogens is 3. The lowest BCUT2D eigenvalue weighted by molar-refractivity contribution is -0.135. The number of morpholine rings is 1. The first-order valence-electron chi connectivity index (χ1n) is 11.4. The topological polar surface area (TPSA) is 67.4 Å². The van der Waals surface area contributed by atoms with Crippen molar-refractivity contribution in [3.8, 4) is 0 Å². The summed E-state index contributed by atoms with van der Waals surface area (Å²) in [5.74, 6) is 0.187. The van der Waals surface area contributed by atoms with Crippen molar-refractivity contribution in [2.24, 2.45) is 5.92 Å². The molecule has 1 saturated heterocycles. The third-order valence-electron chi connectivity index (χ3n) is 6.56. The van der Waals surface area contributed by atoms with Gasteiger partial charge in [0.15, 0.2) is 0 Å². The molecule has 0 spiro atoms. The monoisotopic (exact) mass is 462 g/mol. The van der Waals surface area contributed by atoms with Gasteiger partial charge in [-0.25, -0.2) is 23.1 Å². The fourth-order valence-corrected chi connectivity index (χ4v) is 4.63. The first kappa shape index (κ1) is 23.5. The minimum Gasteiger partial charge on any atom is -0.378 e. The summed E-state index contributed by atoms with van der Waals surface area (Å²) in [5.41, 5.74) is 1.47. The summed E-state index contributed by atoms with van der Waals surface area (Å²) in [6.07, 6.45) is 2.34. The van der Waals surface area contributed by atoms with Crippen molar-refractivity contribution in [1.29, 1.82) is 0 Å². The third-order valence-corrected chi connectivity index (χ3v) is 6.56. The molecule has 1 amide bonds. The van der Waals surface area contributed by atoms with Gasteiger partial charge in [0.05, 0.1) is 24.8 Å². The zero-order valence-electron chi connectivity index (χ0n) is 18.7. The SMILES string of the molecule is C[C@@H](Nc1ncnc2c1CC(CCC(=O)N1CCOCC1)CC2)c1cccc(C(F)F)c1F. The molecule has 0 bridgehead atoms. The predicted molar refractivity (Wildman–Crippen MR) is 118 cm³/mol. The van der Waals surface area contributed by atoms with E-state index in [4.69, 9.17) is 4.74 Å². The van der Waals surface area contributed by atoms with Crippen LogP contribution in [0.1, 0.15) is 61.0 Å². The fourth-order valence-electron chi connectivity index (χ4n) is 4.63. The summed E-state index contributed by atoms with van der Waals surface area (Å²) in [7, 11) is 0. The maximum absolute atomic E-state index is 14.6. The molecule has 1 aromatic carbocycles. The number of nitrogens with one attached hydrogen (secondary N) is 1. The average molecular weight is 463 g/mol. The van der Waals surface area contributed by atoms with Crippen molar-refractivity contribution < 1.29 is 22.7 Å². The van der Waals surface area contributed by atoms with Crippen LogP contribution in [-0.4, -0.2) is 47.1 Å². The number of aromatic nitrogens is 2. The minimum absolute atomic E-state index is 0.162. The molecule has 1 unspecified atom stereocenters. The van der Waals surface area contributed by atoms with Gasteiger partial charge in [-0.1, -0.05) is 18.2 Å². The maximum Gasteiger partial charge on any atom is 0.266 e. The van der Waals surface area contributed by atoms with Gasteiger partial charge in [0.25, 0.3) is 6.43 Å². The van der Waals surface area contributed by atoms with Gasteiger partial charge < -0.3 is 15.0 Å². The van der Waals surface area contributed by atoms with Gasteiger partial charge in [-0.15, -0.1) is 0 Å².